The Morgan fingerprint density at radius 2 is 1.71 bits per heavy atom. The topological polar surface area (TPSA) is 36.9 Å². The first-order chi connectivity index (χ1) is 6.93. The molecule has 0 atom stereocenters. The fourth-order valence-corrected chi connectivity index (χ4v) is 1.27. The molecule has 14 heavy (non-hydrogen) atoms. The molecule has 1 rings (SSSR count). The molecule has 0 aromatic rings. The van der Waals surface area contributed by atoms with Crippen LogP contribution in [0.4, 0.5) is 0 Å². The molecule has 1 heterocycles. The standard InChI is InChI=1S/C10H20O4/c1-2-3-4-5-7-10-13-11-8-6-9-12-14-10/h10H,2-9H2,1H3. The fourth-order valence-electron chi connectivity index (χ4n) is 1.27. The predicted molar refractivity (Wildman–Crippen MR) is 51.2 cm³/mol. The molecule has 0 unspecified atom stereocenters. The zero-order valence-corrected chi connectivity index (χ0v) is 8.87. The summed E-state index contributed by atoms with van der Waals surface area (Å²) in [5.41, 5.74) is 0. The van der Waals surface area contributed by atoms with Crippen LogP contribution in [0.5, 0.6) is 0 Å². The van der Waals surface area contributed by atoms with E-state index >= 15 is 0 Å². The lowest BCUT2D eigenvalue weighted by Crippen LogP contribution is -2.21. The third kappa shape index (κ3) is 5.54. The molecule has 1 saturated heterocycles. The second kappa shape index (κ2) is 8.17. The Morgan fingerprint density at radius 3 is 2.36 bits per heavy atom. The average Bonchev–Trinajstić information content (AvgIpc) is 2.15. The lowest BCUT2D eigenvalue weighted by Gasteiger charge is -2.18. The van der Waals surface area contributed by atoms with Gasteiger partial charge in [-0.05, 0) is 6.42 Å². The van der Waals surface area contributed by atoms with E-state index in [2.05, 4.69) is 6.92 Å². The molecule has 0 aliphatic carbocycles. The molecule has 0 spiro atoms. The van der Waals surface area contributed by atoms with Crippen LogP contribution in [0, 0.1) is 0 Å². The Labute approximate surface area is 85.3 Å². The first kappa shape index (κ1) is 11.9. The molecule has 1 aliphatic rings. The van der Waals surface area contributed by atoms with Crippen LogP contribution in [0.15, 0.2) is 0 Å². The molecular weight excluding hydrogens is 184 g/mol. The van der Waals surface area contributed by atoms with Gasteiger partial charge in [0.05, 0.1) is 13.2 Å². The summed E-state index contributed by atoms with van der Waals surface area (Å²) in [5.74, 6) is 0. The third-order valence-electron chi connectivity index (χ3n) is 2.10. The summed E-state index contributed by atoms with van der Waals surface area (Å²) >= 11 is 0. The van der Waals surface area contributed by atoms with Gasteiger partial charge in [0.25, 0.3) is 0 Å². The van der Waals surface area contributed by atoms with E-state index in [1.54, 1.807) is 0 Å². The van der Waals surface area contributed by atoms with Crippen molar-refractivity contribution in [3.8, 4) is 0 Å². The summed E-state index contributed by atoms with van der Waals surface area (Å²) < 4.78 is 0. The summed E-state index contributed by atoms with van der Waals surface area (Å²) in [6, 6.07) is 0. The van der Waals surface area contributed by atoms with E-state index in [9.17, 15) is 0 Å². The average molecular weight is 204 g/mol. The highest BCUT2D eigenvalue weighted by atomic mass is 17.3. The van der Waals surface area contributed by atoms with Gasteiger partial charge in [-0.25, -0.2) is 19.6 Å². The van der Waals surface area contributed by atoms with Crippen LogP contribution < -0.4 is 0 Å². The van der Waals surface area contributed by atoms with Crippen molar-refractivity contribution in [2.45, 2.75) is 51.7 Å². The quantitative estimate of drug-likeness (QED) is 0.509. The van der Waals surface area contributed by atoms with Crippen LogP contribution in [0.2, 0.25) is 0 Å². The lowest BCUT2D eigenvalue weighted by atomic mass is 10.1. The Balaban J connectivity index is 2.02. The minimum Gasteiger partial charge on any atom is -0.234 e. The maximum atomic E-state index is 5.02. The lowest BCUT2D eigenvalue weighted by molar-refractivity contribution is -0.476. The van der Waals surface area contributed by atoms with Crippen LogP contribution in [0.3, 0.4) is 0 Å². The van der Waals surface area contributed by atoms with Crippen molar-refractivity contribution >= 4 is 0 Å². The van der Waals surface area contributed by atoms with Gasteiger partial charge in [-0.3, -0.25) is 0 Å². The molecule has 0 aromatic heterocycles. The van der Waals surface area contributed by atoms with E-state index in [-0.39, 0.29) is 6.29 Å². The Morgan fingerprint density at radius 1 is 1.00 bits per heavy atom. The number of hydrogen-bond acceptors (Lipinski definition) is 4. The zero-order valence-electron chi connectivity index (χ0n) is 8.87. The molecule has 0 amide bonds. The number of hydrogen-bond donors (Lipinski definition) is 0. The predicted octanol–water partition coefficient (Wildman–Crippen LogP) is 2.58. The van der Waals surface area contributed by atoms with Crippen LogP contribution >= 0.6 is 0 Å². The second-order valence-corrected chi connectivity index (χ2v) is 3.47. The maximum absolute atomic E-state index is 5.02. The van der Waals surface area contributed by atoms with Gasteiger partial charge in [0, 0.05) is 12.8 Å². The van der Waals surface area contributed by atoms with Gasteiger partial charge < -0.3 is 0 Å². The molecule has 0 saturated carbocycles. The molecule has 1 aliphatic heterocycles. The summed E-state index contributed by atoms with van der Waals surface area (Å²) in [7, 11) is 0. The van der Waals surface area contributed by atoms with Gasteiger partial charge in [-0.1, -0.05) is 26.2 Å². The first-order valence-corrected chi connectivity index (χ1v) is 5.50. The summed E-state index contributed by atoms with van der Waals surface area (Å²) in [4.78, 5) is 19.9. The summed E-state index contributed by atoms with van der Waals surface area (Å²) in [6.45, 7) is 3.35. The molecule has 0 N–H and O–H groups in total. The highest BCUT2D eigenvalue weighted by Crippen LogP contribution is 2.12. The molecule has 0 aromatic carbocycles. The molecular formula is C10H20O4. The summed E-state index contributed by atoms with van der Waals surface area (Å²) in [5, 5.41) is 0. The van der Waals surface area contributed by atoms with Gasteiger partial charge in [0.15, 0.2) is 0 Å². The van der Waals surface area contributed by atoms with Crippen molar-refractivity contribution in [2.75, 3.05) is 13.2 Å². The van der Waals surface area contributed by atoms with E-state index in [0.717, 1.165) is 19.3 Å². The van der Waals surface area contributed by atoms with Crippen molar-refractivity contribution in [2.24, 2.45) is 0 Å². The first-order valence-electron chi connectivity index (χ1n) is 5.50. The van der Waals surface area contributed by atoms with Crippen LogP contribution in [0.25, 0.3) is 0 Å². The van der Waals surface area contributed by atoms with Gasteiger partial charge in [-0.15, -0.1) is 0 Å². The largest absolute Gasteiger partial charge is 0.234 e. The third-order valence-corrected chi connectivity index (χ3v) is 2.10. The Bertz CT molecular complexity index is 121. The van der Waals surface area contributed by atoms with Gasteiger partial charge in [0.2, 0.25) is 6.29 Å². The van der Waals surface area contributed by atoms with E-state index in [4.69, 9.17) is 19.6 Å². The smallest absolute Gasteiger partial charge is 0.224 e. The number of rotatable bonds is 5. The summed E-state index contributed by atoms with van der Waals surface area (Å²) in [6.07, 6.45) is 6.08. The fraction of sp³-hybridized carbons (Fsp3) is 1.00. The van der Waals surface area contributed by atoms with Crippen molar-refractivity contribution in [3.63, 3.8) is 0 Å². The molecule has 0 bridgehead atoms. The van der Waals surface area contributed by atoms with E-state index < -0.39 is 0 Å². The molecule has 4 nitrogen and oxygen atoms in total. The van der Waals surface area contributed by atoms with Gasteiger partial charge in [-0.2, -0.15) is 0 Å². The van der Waals surface area contributed by atoms with E-state index in [1.165, 1.54) is 19.3 Å². The highest BCUT2D eigenvalue weighted by molar-refractivity contribution is 4.45. The normalized spacial score (nSPS) is 20.4. The molecule has 0 radical (unpaired) electrons. The van der Waals surface area contributed by atoms with Crippen LogP contribution in [0.1, 0.15) is 45.4 Å². The maximum Gasteiger partial charge on any atom is 0.224 e. The van der Waals surface area contributed by atoms with Crippen LogP contribution in [-0.2, 0) is 19.6 Å². The van der Waals surface area contributed by atoms with Crippen molar-refractivity contribution in [1.29, 1.82) is 0 Å². The van der Waals surface area contributed by atoms with Gasteiger partial charge in [0.1, 0.15) is 0 Å². The van der Waals surface area contributed by atoms with Crippen molar-refractivity contribution in [1.82, 2.24) is 0 Å². The minimum absolute atomic E-state index is 0.354. The van der Waals surface area contributed by atoms with Crippen LogP contribution in [-0.4, -0.2) is 19.5 Å². The second-order valence-electron chi connectivity index (χ2n) is 3.47. The molecule has 4 heteroatoms. The number of unbranched alkanes of at least 4 members (excludes halogenated alkanes) is 3. The minimum atomic E-state index is -0.354. The highest BCUT2D eigenvalue weighted by Gasteiger charge is 2.13. The molecule has 1 fully saturated rings. The zero-order chi connectivity index (χ0) is 10.1. The van der Waals surface area contributed by atoms with Gasteiger partial charge >= 0.3 is 0 Å². The SMILES string of the molecule is CCCCCCC1OOCCCOO1. The Hall–Kier alpha value is -0.160. The van der Waals surface area contributed by atoms with E-state index in [1.807, 2.05) is 0 Å². The monoisotopic (exact) mass is 204 g/mol. The van der Waals surface area contributed by atoms with Crippen molar-refractivity contribution in [3.05, 3.63) is 0 Å². The Kier molecular flexibility index (Phi) is 6.95. The van der Waals surface area contributed by atoms with Crippen molar-refractivity contribution < 1.29 is 19.6 Å². The van der Waals surface area contributed by atoms with E-state index in [0.29, 0.717) is 13.2 Å². The molecule has 84 valence electrons.